The van der Waals surface area contributed by atoms with E-state index < -0.39 is 15.0 Å². The Hall–Kier alpha value is 1.04. The Morgan fingerprint density at radius 3 is 2.29 bits per heavy atom. The van der Waals surface area contributed by atoms with Crippen molar-refractivity contribution in [2.24, 2.45) is 0 Å². The largest absolute Gasteiger partial charge is 1.00 e. The number of aromatic nitrogens is 2. The van der Waals surface area contributed by atoms with E-state index in [4.69, 9.17) is 23.2 Å². The fraction of sp³-hybridized carbons (Fsp3) is 0.182. The first-order valence-electron chi connectivity index (χ1n) is 5.43. The molecule has 0 fully saturated rings. The first-order chi connectivity index (χ1) is 9.25. The molecule has 2 rings (SSSR count). The fourth-order valence-electron chi connectivity index (χ4n) is 1.75. The SMILES string of the molecule is CCc1c(Br)cnn1-c1c(Cl)cc(S(=O)(=O)[O-])cc1Cl.[K+]. The third-order valence-corrected chi connectivity index (χ3v) is 4.70. The van der Waals surface area contributed by atoms with Gasteiger partial charge >= 0.3 is 51.4 Å². The molecule has 0 aliphatic carbocycles. The second-order valence-electron chi connectivity index (χ2n) is 3.89. The van der Waals surface area contributed by atoms with E-state index in [1.807, 2.05) is 6.92 Å². The fourth-order valence-corrected chi connectivity index (χ4v) is 3.59. The van der Waals surface area contributed by atoms with Crippen molar-refractivity contribution in [3.63, 3.8) is 0 Å². The summed E-state index contributed by atoms with van der Waals surface area (Å²) in [5, 5.41) is 4.22. The summed E-state index contributed by atoms with van der Waals surface area (Å²) in [6.45, 7) is 1.93. The predicted molar refractivity (Wildman–Crippen MR) is 78.6 cm³/mol. The molecule has 108 valence electrons. The van der Waals surface area contributed by atoms with Gasteiger partial charge in [0.2, 0.25) is 0 Å². The van der Waals surface area contributed by atoms with Crippen LogP contribution in [0.5, 0.6) is 0 Å². The molecule has 2 aromatic rings. The van der Waals surface area contributed by atoms with Crippen LogP contribution in [0.2, 0.25) is 10.0 Å². The molecular weight excluding hydrogens is 430 g/mol. The summed E-state index contributed by atoms with van der Waals surface area (Å²) in [5.74, 6) is 0. The molecule has 0 unspecified atom stereocenters. The Kier molecular flexibility index (Phi) is 7.40. The smallest absolute Gasteiger partial charge is 0.744 e. The van der Waals surface area contributed by atoms with E-state index in [0.717, 1.165) is 22.3 Å². The van der Waals surface area contributed by atoms with Crippen molar-refractivity contribution >= 4 is 49.2 Å². The summed E-state index contributed by atoms with van der Waals surface area (Å²) in [6.07, 6.45) is 2.25. The topological polar surface area (TPSA) is 75.0 Å². The molecule has 1 aromatic heterocycles. The van der Waals surface area contributed by atoms with Gasteiger partial charge in [0.05, 0.1) is 31.3 Å². The second kappa shape index (κ2) is 7.74. The third kappa shape index (κ3) is 4.31. The van der Waals surface area contributed by atoms with Gasteiger partial charge in [-0.3, -0.25) is 0 Å². The number of nitrogens with zero attached hydrogens (tertiary/aromatic N) is 2. The minimum absolute atomic E-state index is 0. The van der Waals surface area contributed by atoms with Crippen LogP contribution in [-0.2, 0) is 16.5 Å². The average molecular weight is 438 g/mol. The van der Waals surface area contributed by atoms with Crippen LogP contribution in [0.25, 0.3) is 5.69 Å². The molecule has 5 nitrogen and oxygen atoms in total. The summed E-state index contributed by atoms with van der Waals surface area (Å²) in [6, 6.07) is 2.14. The van der Waals surface area contributed by atoms with Crippen molar-refractivity contribution < 1.29 is 64.4 Å². The van der Waals surface area contributed by atoms with Crippen molar-refractivity contribution in [1.29, 1.82) is 0 Å². The van der Waals surface area contributed by atoms with E-state index in [1.165, 1.54) is 4.68 Å². The molecule has 1 heterocycles. The summed E-state index contributed by atoms with van der Waals surface area (Å²) in [5.41, 5.74) is 1.16. The first kappa shape index (κ1) is 20.1. The average Bonchev–Trinajstić information content (AvgIpc) is 2.68. The van der Waals surface area contributed by atoms with Gasteiger partial charge in [0, 0.05) is 0 Å². The molecule has 0 spiro atoms. The molecule has 0 radical (unpaired) electrons. The molecule has 21 heavy (non-hydrogen) atoms. The van der Waals surface area contributed by atoms with Crippen molar-refractivity contribution in [2.75, 3.05) is 0 Å². The number of hydrogen-bond acceptors (Lipinski definition) is 4. The summed E-state index contributed by atoms with van der Waals surface area (Å²) >= 11 is 15.5. The van der Waals surface area contributed by atoms with Gasteiger partial charge in [0.15, 0.2) is 0 Å². The maximum absolute atomic E-state index is 11.0. The van der Waals surface area contributed by atoms with Crippen molar-refractivity contribution in [1.82, 2.24) is 9.78 Å². The number of halogens is 3. The van der Waals surface area contributed by atoms with Gasteiger partial charge in [-0.15, -0.1) is 0 Å². The molecular formula is C11H8BrCl2KN2O3S. The Bertz CT molecular complexity index is 757. The first-order valence-corrected chi connectivity index (χ1v) is 8.39. The molecule has 0 aliphatic rings. The third-order valence-electron chi connectivity index (χ3n) is 2.64. The molecule has 1 aromatic carbocycles. The number of hydrogen-bond donors (Lipinski definition) is 0. The second-order valence-corrected chi connectivity index (χ2v) is 6.94. The minimum Gasteiger partial charge on any atom is -0.744 e. The molecule has 0 bridgehead atoms. The van der Waals surface area contributed by atoms with Crippen LogP contribution < -0.4 is 51.4 Å². The Morgan fingerprint density at radius 2 is 1.86 bits per heavy atom. The van der Waals surface area contributed by atoms with Crippen LogP contribution >= 0.6 is 39.1 Å². The zero-order valence-corrected chi connectivity index (χ0v) is 18.1. The van der Waals surface area contributed by atoms with Crippen molar-refractivity contribution in [3.05, 3.63) is 38.5 Å². The maximum atomic E-state index is 11.0. The van der Waals surface area contributed by atoms with Crippen molar-refractivity contribution in [2.45, 2.75) is 18.2 Å². The number of rotatable bonds is 3. The monoisotopic (exact) mass is 436 g/mol. The zero-order valence-electron chi connectivity index (χ0n) is 11.1. The van der Waals surface area contributed by atoms with Crippen LogP contribution in [0, 0.1) is 0 Å². The van der Waals surface area contributed by atoms with E-state index in [2.05, 4.69) is 21.0 Å². The van der Waals surface area contributed by atoms with E-state index >= 15 is 0 Å². The Morgan fingerprint density at radius 1 is 1.33 bits per heavy atom. The molecule has 0 saturated carbocycles. The zero-order chi connectivity index (χ0) is 15.1. The summed E-state index contributed by atoms with van der Waals surface area (Å²) < 4.78 is 35.3. The van der Waals surface area contributed by atoms with Crippen LogP contribution in [-0.4, -0.2) is 22.8 Å². The molecule has 0 amide bonds. The summed E-state index contributed by atoms with van der Waals surface area (Å²) in [7, 11) is -4.62. The predicted octanol–water partition coefficient (Wildman–Crippen LogP) is 0.412. The molecule has 0 N–H and O–H groups in total. The van der Waals surface area contributed by atoms with Gasteiger partial charge in [0.1, 0.15) is 15.8 Å². The van der Waals surface area contributed by atoms with Gasteiger partial charge in [0.25, 0.3) is 0 Å². The molecule has 0 saturated heterocycles. The molecule has 0 atom stereocenters. The summed E-state index contributed by atoms with van der Waals surface area (Å²) in [4.78, 5) is -0.472. The maximum Gasteiger partial charge on any atom is 1.00 e. The normalized spacial score (nSPS) is 11.3. The van der Waals surface area contributed by atoms with Gasteiger partial charge in [-0.2, -0.15) is 5.10 Å². The number of benzene rings is 1. The van der Waals surface area contributed by atoms with Gasteiger partial charge in [-0.05, 0) is 34.5 Å². The van der Waals surface area contributed by atoms with E-state index in [-0.39, 0.29) is 61.4 Å². The van der Waals surface area contributed by atoms with E-state index in [9.17, 15) is 13.0 Å². The molecule has 0 aliphatic heterocycles. The van der Waals surface area contributed by atoms with Crippen LogP contribution in [0.3, 0.4) is 0 Å². The standard InChI is InChI=1S/C11H9BrCl2N2O3S.K/c1-2-10-7(12)5-15-16(10)11-8(13)3-6(4-9(11)14)20(17,18)19;/h3-5H,2H2,1H3,(H,17,18,19);/q;+1/p-1. The Balaban J connectivity index is 0.00000220. The van der Waals surface area contributed by atoms with Crippen LogP contribution in [0.4, 0.5) is 0 Å². The van der Waals surface area contributed by atoms with Gasteiger partial charge in [-0.25, -0.2) is 13.1 Å². The van der Waals surface area contributed by atoms with Crippen LogP contribution in [0.1, 0.15) is 12.6 Å². The quantitative estimate of drug-likeness (QED) is 0.514. The van der Waals surface area contributed by atoms with Gasteiger partial charge < -0.3 is 4.55 Å². The van der Waals surface area contributed by atoms with E-state index in [0.29, 0.717) is 12.1 Å². The molecule has 10 heteroatoms. The van der Waals surface area contributed by atoms with Gasteiger partial charge in [-0.1, -0.05) is 30.1 Å². The van der Waals surface area contributed by atoms with E-state index in [1.54, 1.807) is 6.20 Å². The van der Waals surface area contributed by atoms with Crippen molar-refractivity contribution in [3.8, 4) is 5.69 Å². The minimum atomic E-state index is -4.62. The van der Waals surface area contributed by atoms with Crippen LogP contribution in [0.15, 0.2) is 27.7 Å². The Labute approximate surface area is 183 Å².